The lowest BCUT2D eigenvalue weighted by atomic mass is 9.68. The molecular formula is C31H25BrO2S. The zero-order valence-corrected chi connectivity index (χ0v) is 21.6. The summed E-state index contributed by atoms with van der Waals surface area (Å²) in [5.74, 6) is 0.242. The number of benzene rings is 3. The van der Waals surface area contributed by atoms with Gasteiger partial charge in [0.2, 0.25) is 0 Å². The van der Waals surface area contributed by atoms with E-state index in [4.69, 9.17) is 4.42 Å². The highest BCUT2D eigenvalue weighted by Gasteiger charge is 2.41. The molecule has 6 rings (SSSR count). The molecular weight excluding hydrogens is 516 g/mol. The van der Waals surface area contributed by atoms with Gasteiger partial charge in [0.15, 0.2) is 10.5 Å². The smallest absolute Gasteiger partial charge is 0.197 e. The Morgan fingerprint density at radius 3 is 2.49 bits per heavy atom. The zero-order valence-electron chi connectivity index (χ0n) is 19.2. The van der Waals surface area contributed by atoms with Crippen LogP contribution in [0, 0.1) is 5.92 Å². The fourth-order valence-electron chi connectivity index (χ4n) is 5.69. The highest BCUT2D eigenvalue weighted by atomic mass is 79.9. The predicted octanol–water partition coefficient (Wildman–Crippen LogP) is 7.95. The number of fused-ring (bicyclic) bond motifs is 2. The normalized spacial score (nSPS) is 23.7. The van der Waals surface area contributed by atoms with Gasteiger partial charge >= 0.3 is 0 Å². The van der Waals surface area contributed by atoms with Crippen molar-refractivity contribution < 1.29 is 4.42 Å². The molecule has 0 amide bonds. The Kier molecular flexibility index (Phi) is 5.82. The minimum absolute atomic E-state index is 0.0198. The molecule has 174 valence electrons. The molecule has 0 saturated heterocycles. The van der Waals surface area contributed by atoms with Gasteiger partial charge in [-0.05, 0) is 59.6 Å². The van der Waals surface area contributed by atoms with Crippen LogP contribution >= 0.6 is 28.6 Å². The van der Waals surface area contributed by atoms with Gasteiger partial charge in [0, 0.05) is 5.92 Å². The molecule has 35 heavy (non-hydrogen) atoms. The predicted molar refractivity (Wildman–Crippen MR) is 150 cm³/mol. The van der Waals surface area contributed by atoms with Crippen LogP contribution in [0.3, 0.4) is 0 Å². The molecule has 0 bridgehead atoms. The number of allylic oxidation sites excluding steroid dienone is 4. The molecule has 3 unspecified atom stereocenters. The maximum Gasteiger partial charge on any atom is 0.197 e. The van der Waals surface area contributed by atoms with Gasteiger partial charge in [0.25, 0.3) is 0 Å². The van der Waals surface area contributed by atoms with Crippen LogP contribution < -0.4 is 5.43 Å². The Labute approximate surface area is 218 Å². The molecule has 0 fully saturated rings. The van der Waals surface area contributed by atoms with Crippen LogP contribution in [0.1, 0.15) is 41.0 Å². The average molecular weight is 542 g/mol. The minimum Gasteiger partial charge on any atom is -0.450 e. The van der Waals surface area contributed by atoms with Crippen molar-refractivity contribution in [3.63, 3.8) is 0 Å². The van der Waals surface area contributed by atoms with Gasteiger partial charge in [-0.1, -0.05) is 101 Å². The first-order valence-electron chi connectivity index (χ1n) is 12.0. The van der Waals surface area contributed by atoms with Crippen molar-refractivity contribution in [2.45, 2.75) is 34.6 Å². The molecule has 0 spiro atoms. The van der Waals surface area contributed by atoms with E-state index >= 15 is 0 Å². The third-order valence-corrected chi connectivity index (χ3v) is 9.11. The Hall–Kier alpha value is -2.82. The number of halogens is 1. The summed E-state index contributed by atoms with van der Waals surface area (Å²) in [6.07, 6.45) is 9.57. The first-order chi connectivity index (χ1) is 17.0. The molecule has 2 aliphatic carbocycles. The van der Waals surface area contributed by atoms with E-state index < -0.39 is 0 Å². The van der Waals surface area contributed by atoms with E-state index in [0.717, 1.165) is 19.3 Å². The molecule has 4 aromatic rings. The van der Waals surface area contributed by atoms with Crippen LogP contribution in [0.15, 0.2) is 111 Å². The highest BCUT2D eigenvalue weighted by molar-refractivity contribution is 9.10. The first-order valence-corrected chi connectivity index (χ1v) is 13.2. The van der Waals surface area contributed by atoms with Crippen molar-refractivity contribution in [2.75, 3.05) is 0 Å². The fourth-order valence-corrected chi connectivity index (χ4v) is 6.69. The number of hydrogen-bond acceptors (Lipinski definition) is 3. The van der Waals surface area contributed by atoms with Crippen LogP contribution in [0.2, 0.25) is 0 Å². The lowest BCUT2D eigenvalue weighted by Gasteiger charge is -2.41. The van der Waals surface area contributed by atoms with Gasteiger partial charge in [-0.15, -0.1) is 12.6 Å². The molecule has 2 aliphatic rings. The molecule has 1 heterocycles. The van der Waals surface area contributed by atoms with Gasteiger partial charge in [0.05, 0.1) is 15.3 Å². The molecule has 0 N–H and O–H groups in total. The summed E-state index contributed by atoms with van der Waals surface area (Å²) in [4.78, 5) is 13.7. The van der Waals surface area contributed by atoms with Crippen molar-refractivity contribution >= 4 is 45.1 Å². The van der Waals surface area contributed by atoms with Crippen molar-refractivity contribution in [1.29, 1.82) is 0 Å². The van der Waals surface area contributed by atoms with E-state index in [1.54, 1.807) is 0 Å². The lowest BCUT2D eigenvalue weighted by molar-refractivity contribution is 0.359. The van der Waals surface area contributed by atoms with E-state index in [-0.39, 0.29) is 15.7 Å². The second-order valence-corrected chi connectivity index (χ2v) is 11.4. The number of para-hydroxylation sites is 1. The number of alkyl halides is 1. The van der Waals surface area contributed by atoms with Crippen LogP contribution in [-0.4, -0.2) is 4.32 Å². The Morgan fingerprint density at radius 1 is 0.943 bits per heavy atom. The third kappa shape index (κ3) is 4.03. The van der Waals surface area contributed by atoms with Gasteiger partial charge < -0.3 is 4.42 Å². The molecule has 1 aromatic heterocycles. The summed E-state index contributed by atoms with van der Waals surface area (Å²) in [7, 11) is 0. The van der Waals surface area contributed by atoms with Crippen molar-refractivity contribution in [3.8, 4) is 0 Å². The van der Waals surface area contributed by atoms with Gasteiger partial charge in [-0.3, -0.25) is 4.79 Å². The van der Waals surface area contributed by atoms with Crippen LogP contribution in [-0.2, 0) is 6.42 Å². The maximum atomic E-state index is 13.7. The van der Waals surface area contributed by atoms with Crippen LogP contribution in [0.25, 0.3) is 16.5 Å². The lowest BCUT2D eigenvalue weighted by Crippen LogP contribution is -2.37. The molecule has 0 aliphatic heterocycles. The highest BCUT2D eigenvalue weighted by Crippen LogP contribution is 2.49. The van der Waals surface area contributed by atoms with E-state index in [1.165, 1.54) is 22.3 Å². The first kappa shape index (κ1) is 22.6. The number of rotatable bonds is 3. The van der Waals surface area contributed by atoms with E-state index in [1.807, 2.05) is 30.3 Å². The van der Waals surface area contributed by atoms with Crippen molar-refractivity contribution in [2.24, 2.45) is 5.92 Å². The van der Waals surface area contributed by atoms with Crippen LogP contribution in [0.4, 0.5) is 0 Å². The summed E-state index contributed by atoms with van der Waals surface area (Å²) >= 11 is 8.81. The monoisotopic (exact) mass is 540 g/mol. The summed E-state index contributed by atoms with van der Waals surface area (Å²) in [5.41, 5.74) is 6.25. The molecule has 0 radical (unpaired) electrons. The van der Waals surface area contributed by atoms with Gasteiger partial charge in [0.1, 0.15) is 5.58 Å². The second kappa shape index (κ2) is 9.00. The van der Waals surface area contributed by atoms with Crippen LogP contribution in [0.5, 0.6) is 0 Å². The number of thiol groups is 1. The Balaban J connectivity index is 1.40. The van der Waals surface area contributed by atoms with Crippen molar-refractivity contribution in [1.82, 2.24) is 0 Å². The minimum atomic E-state index is -0.176. The molecule has 0 saturated carbocycles. The van der Waals surface area contributed by atoms with E-state index in [0.29, 0.717) is 27.5 Å². The van der Waals surface area contributed by atoms with Crippen molar-refractivity contribution in [3.05, 3.63) is 130 Å². The fraction of sp³-hybridized carbons (Fsp3) is 0.194. The molecule has 3 aromatic carbocycles. The maximum absolute atomic E-state index is 13.7. The quantitative estimate of drug-likeness (QED) is 0.211. The summed E-state index contributed by atoms with van der Waals surface area (Å²) in [6, 6.07) is 26.4. The largest absolute Gasteiger partial charge is 0.450 e. The summed E-state index contributed by atoms with van der Waals surface area (Å²) in [5, 5.41) is 1.03. The zero-order chi connectivity index (χ0) is 24.0. The SMILES string of the molecule is O=c1c(C2CC(C3(Br)C=CC(c4ccccc4)=CC3)Cc3ccccc32)c(S)oc2ccccc12. The Morgan fingerprint density at radius 2 is 1.69 bits per heavy atom. The van der Waals surface area contributed by atoms with E-state index in [2.05, 4.69) is 95.3 Å². The van der Waals surface area contributed by atoms with Gasteiger partial charge in [-0.2, -0.15) is 0 Å². The summed E-state index contributed by atoms with van der Waals surface area (Å²) in [6.45, 7) is 0. The topological polar surface area (TPSA) is 30.2 Å². The number of hydrogen-bond donors (Lipinski definition) is 1. The second-order valence-electron chi connectivity index (χ2n) is 9.52. The summed E-state index contributed by atoms with van der Waals surface area (Å²) < 4.78 is 5.86. The third-order valence-electron chi connectivity index (χ3n) is 7.54. The Bertz CT molecular complexity index is 1530. The van der Waals surface area contributed by atoms with Gasteiger partial charge in [-0.25, -0.2) is 0 Å². The molecule has 3 atom stereocenters. The average Bonchev–Trinajstić information content (AvgIpc) is 2.89. The standard InChI is InChI=1S/C31H25BrO2S/c32-31(16-14-21(15-17-31)20-8-2-1-3-9-20)23-18-22-10-4-5-11-24(22)26(19-23)28-29(33)25-12-6-7-13-27(25)34-30(28)35/h1-16,23,26,35H,17-19H2. The van der Waals surface area contributed by atoms with E-state index in [9.17, 15) is 4.79 Å². The molecule has 4 heteroatoms. The molecule has 2 nitrogen and oxygen atoms in total.